The average Bonchev–Trinajstić information content (AvgIpc) is 2.87. The summed E-state index contributed by atoms with van der Waals surface area (Å²) in [5, 5.41) is 20.3. The topological polar surface area (TPSA) is 94.9 Å². The second kappa shape index (κ2) is 7.25. The van der Waals surface area contributed by atoms with Gasteiger partial charge in [-0.25, -0.2) is 0 Å². The molecule has 0 radical (unpaired) electrons. The van der Waals surface area contributed by atoms with Crippen molar-refractivity contribution in [1.29, 1.82) is 0 Å². The van der Waals surface area contributed by atoms with E-state index in [2.05, 4.69) is 0 Å². The van der Waals surface area contributed by atoms with Crippen molar-refractivity contribution < 1.29 is 24.6 Å². The molecule has 1 aliphatic rings. The molecule has 1 atom stereocenters. The van der Waals surface area contributed by atoms with Gasteiger partial charge in [0, 0.05) is 10.6 Å². The zero-order valence-electron chi connectivity index (χ0n) is 14.3. The summed E-state index contributed by atoms with van der Waals surface area (Å²) in [6.07, 6.45) is 0. The molecule has 0 aromatic heterocycles. The molecule has 2 N–H and O–H groups in total. The Labute approximate surface area is 160 Å². The number of amides is 1. The van der Waals surface area contributed by atoms with E-state index < -0.39 is 30.2 Å². The summed E-state index contributed by atoms with van der Waals surface area (Å²) in [6, 6.07) is 12.1. The summed E-state index contributed by atoms with van der Waals surface area (Å²) in [6.45, 7) is 1.21. The van der Waals surface area contributed by atoms with E-state index in [1.54, 1.807) is 48.5 Å². The molecule has 3 rings (SSSR count). The van der Waals surface area contributed by atoms with Crippen LogP contribution in [0.3, 0.4) is 0 Å². The Kier molecular flexibility index (Phi) is 5.01. The fourth-order valence-electron chi connectivity index (χ4n) is 3.05. The minimum Gasteiger partial charge on any atom is -0.507 e. The first-order valence-electron chi connectivity index (χ1n) is 8.12. The summed E-state index contributed by atoms with van der Waals surface area (Å²) in [7, 11) is 0. The Balaban J connectivity index is 2.19. The van der Waals surface area contributed by atoms with Crippen LogP contribution in [0.2, 0.25) is 5.02 Å². The molecule has 1 aliphatic heterocycles. The van der Waals surface area contributed by atoms with Gasteiger partial charge in [-0.2, -0.15) is 0 Å². The van der Waals surface area contributed by atoms with E-state index in [4.69, 9.17) is 16.7 Å². The molecule has 138 valence electrons. The van der Waals surface area contributed by atoms with Gasteiger partial charge in [0.25, 0.3) is 11.7 Å². The molecule has 7 heteroatoms. The van der Waals surface area contributed by atoms with Crippen LogP contribution in [0.25, 0.3) is 5.76 Å². The number of aliphatic hydroxyl groups excluding tert-OH is 1. The number of hydrogen-bond donors (Lipinski definition) is 2. The van der Waals surface area contributed by atoms with Gasteiger partial charge in [0.05, 0.1) is 11.6 Å². The van der Waals surface area contributed by atoms with Crippen molar-refractivity contribution in [1.82, 2.24) is 4.90 Å². The zero-order valence-corrected chi connectivity index (χ0v) is 15.1. The molecule has 0 bridgehead atoms. The monoisotopic (exact) mass is 385 g/mol. The average molecular weight is 386 g/mol. The van der Waals surface area contributed by atoms with Crippen molar-refractivity contribution in [2.45, 2.75) is 13.0 Å². The van der Waals surface area contributed by atoms with Gasteiger partial charge < -0.3 is 15.1 Å². The van der Waals surface area contributed by atoms with Crippen molar-refractivity contribution in [3.05, 3.63) is 75.8 Å². The van der Waals surface area contributed by atoms with Gasteiger partial charge in [-0.1, -0.05) is 53.6 Å². The molecule has 27 heavy (non-hydrogen) atoms. The van der Waals surface area contributed by atoms with Gasteiger partial charge in [0.1, 0.15) is 12.3 Å². The Morgan fingerprint density at radius 1 is 1.04 bits per heavy atom. The number of carbonyl (C=O) groups is 3. The maximum Gasteiger partial charge on any atom is 0.323 e. The van der Waals surface area contributed by atoms with E-state index >= 15 is 0 Å². The van der Waals surface area contributed by atoms with Crippen LogP contribution in [-0.2, 0) is 14.4 Å². The Hall–Kier alpha value is -3.12. The van der Waals surface area contributed by atoms with Crippen LogP contribution in [0, 0.1) is 6.92 Å². The molecular formula is C20H16ClNO5. The maximum absolute atomic E-state index is 12.6. The molecular weight excluding hydrogens is 370 g/mol. The van der Waals surface area contributed by atoms with E-state index in [-0.39, 0.29) is 11.3 Å². The molecule has 6 nitrogen and oxygen atoms in total. The lowest BCUT2D eigenvalue weighted by atomic mass is 9.95. The van der Waals surface area contributed by atoms with E-state index in [9.17, 15) is 19.5 Å². The molecule has 1 amide bonds. The van der Waals surface area contributed by atoms with Gasteiger partial charge in [-0.3, -0.25) is 14.4 Å². The summed E-state index contributed by atoms with van der Waals surface area (Å²) < 4.78 is 0. The predicted molar refractivity (Wildman–Crippen MR) is 99.3 cm³/mol. The second-order valence-electron chi connectivity index (χ2n) is 6.24. The van der Waals surface area contributed by atoms with Crippen LogP contribution < -0.4 is 0 Å². The van der Waals surface area contributed by atoms with Gasteiger partial charge >= 0.3 is 5.97 Å². The molecule has 2 aromatic rings. The van der Waals surface area contributed by atoms with Crippen LogP contribution >= 0.6 is 11.6 Å². The number of ketones is 1. The van der Waals surface area contributed by atoms with Crippen LogP contribution in [0.15, 0.2) is 54.1 Å². The lowest BCUT2D eigenvalue weighted by Gasteiger charge is -2.23. The first kappa shape index (κ1) is 18.7. The largest absolute Gasteiger partial charge is 0.507 e. The number of benzene rings is 2. The summed E-state index contributed by atoms with van der Waals surface area (Å²) in [4.78, 5) is 37.2. The van der Waals surface area contributed by atoms with E-state index in [0.717, 1.165) is 10.5 Å². The number of hydrogen-bond acceptors (Lipinski definition) is 4. The van der Waals surface area contributed by atoms with Crippen molar-refractivity contribution in [3.63, 3.8) is 0 Å². The highest BCUT2D eigenvalue weighted by Crippen LogP contribution is 2.39. The van der Waals surface area contributed by atoms with Gasteiger partial charge in [0.2, 0.25) is 0 Å². The summed E-state index contributed by atoms with van der Waals surface area (Å²) in [5.74, 6) is -3.49. The number of rotatable bonds is 4. The van der Waals surface area contributed by atoms with Crippen molar-refractivity contribution >= 4 is 35.0 Å². The lowest BCUT2D eigenvalue weighted by Crippen LogP contribution is -2.34. The number of aliphatic hydroxyl groups is 1. The Bertz CT molecular complexity index is 947. The third kappa shape index (κ3) is 3.57. The third-order valence-corrected chi connectivity index (χ3v) is 4.61. The molecule has 0 aliphatic carbocycles. The minimum atomic E-state index is -1.26. The zero-order chi connectivity index (χ0) is 19.7. The van der Waals surface area contributed by atoms with Gasteiger partial charge in [-0.05, 0) is 24.6 Å². The Morgan fingerprint density at radius 2 is 1.63 bits per heavy atom. The first-order chi connectivity index (χ1) is 12.8. The van der Waals surface area contributed by atoms with Crippen LogP contribution in [0.4, 0.5) is 0 Å². The number of carbonyl (C=O) groups excluding carboxylic acids is 2. The highest BCUT2D eigenvalue weighted by molar-refractivity contribution is 6.46. The molecule has 0 unspecified atom stereocenters. The molecule has 0 saturated carbocycles. The molecule has 2 aromatic carbocycles. The fraction of sp³-hybridized carbons (Fsp3) is 0.150. The Morgan fingerprint density at radius 3 is 2.19 bits per heavy atom. The summed E-state index contributed by atoms with van der Waals surface area (Å²) >= 11 is 5.90. The number of aliphatic carboxylic acids is 1. The quantitative estimate of drug-likeness (QED) is 0.479. The number of carboxylic acids is 1. The number of carboxylic acid groups (broad SMARTS) is 1. The van der Waals surface area contributed by atoms with Crippen LogP contribution in [-0.4, -0.2) is 39.3 Å². The van der Waals surface area contributed by atoms with Crippen LogP contribution in [0.5, 0.6) is 0 Å². The fourth-order valence-corrected chi connectivity index (χ4v) is 3.17. The van der Waals surface area contributed by atoms with Crippen LogP contribution in [0.1, 0.15) is 22.7 Å². The number of likely N-dealkylation sites (tertiary alicyclic amines) is 1. The first-order valence-corrected chi connectivity index (χ1v) is 8.50. The van der Waals surface area contributed by atoms with Crippen molar-refractivity contribution in [2.75, 3.05) is 6.54 Å². The van der Waals surface area contributed by atoms with Crippen molar-refractivity contribution in [2.24, 2.45) is 0 Å². The number of halogens is 1. The molecule has 1 saturated heterocycles. The minimum absolute atomic E-state index is 0.146. The lowest BCUT2D eigenvalue weighted by molar-refractivity contribution is -0.146. The molecule has 1 heterocycles. The second-order valence-corrected chi connectivity index (χ2v) is 6.67. The van der Waals surface area contributed by atoms with E-state index in [1.165, 1.54) is 0 Å². The predicted octanol–water partition coefficient (Wildman–Crippen LogP) is 3.15. The van der Waals surface area contributed by atoms with E-state index in [1.807, 2.05) is 6.92 Å². The number of nitrogens with zero attached hydrogens (tertiary/aromatic N) is 1. The normalized spacial score (nSPS) is 18.7. The number of Topliss-reactive ketones (excluding diaryl/α,β-unsaturated/α-hetero) is 1. The molecule has 1 fully saturated rings. The maximum atomic E-state index is 12.6. The molecule has 0 spiro atoms. The standard InChI is InChI=1S/C20H16ClNO5/c1-11-2-4-13(5-3-11)18(25)16-17(12-6-8-14(21)9-7-12)22(10-15(23)24)20(27)19(16)26/h2-9,17,25H,10H2,1H3,(H,23,24)/b18-16+/t17-/m1/s1. The van der Waals surface area contributed by atoms with Gasteiger partial charge in [-0.15, -0.1) is 0 Å². The highest BCUT2D eigenvalue weighted by Gasteiger charge is 2.46. The van der Waals surface area contributed by atoms with E-state index in [0.29, 0.717) is 16.1 Å². The van der Waals surface area contributed by atoms with Gasteiger partial charge in [0.15, 0.2) is 0 Å². The third-order valence-electron chi connectivity index (χ3n) is 4.36. The SMILES string of the molecule is Cc1ccc(/C(O)=C2\C(=O)C(=O)N(CC(=O)O)[C@@H]2c2ccc(Cl)cc2)cc1. The highest BCUT2D eigenvalue weighted by atomic mass is 35.5. The summed E-state index contributed by atoms with van der Waals surface area (Å²) in [5.41, 5.74) is 1.67. The van der Waals surface area contributed by atoms with Crippen molar-refractivity contribution in [3.8, 4) is 0 Å². The number of aryl methyl sites for hydroxylation is 1. The smallest absolute Gasteiger partial charge is 0.323 e.